The number of amides is 1. The number of hydrogen-bond acceptors (Lipinski definition) is 4. The highest BCUT2D eigenvalue weighted by molar-refractivity contribution is 7.13. The average molecular weight is 344 g/mol. The van der Waals surface area contributed by atoms with Gasteiger partial charge in [0, 0.05) is 6.04 Å². The van der Waals surface area contributed by atoms with Crippen molar-refractivity contribution in [3.8, 4) is 5.75 Å². The molecule has 1 aromatic heterocycles. The molecule has 4 nitrogen and oxygen atoms in total. The Balaban J connectivity index is 1.59. The molecule has 1 saturated carbocycles. The zero-order valence-electron chi connectivity index (χ0n) is 14.1. The molecule has 0 atom stereocenters. The van der Waals surface area contributed by atoms with Crippen LogP contribution in [0.4, 0.5) is 0 Å². The van der Waals surface area contributed by atoms with Gasteiger partial charge in [0.2, 0.25) is 0 Å². The molecule has 0 radical (unpaired) electrons. The number of para-hydroxylation sites is 1. The van der Waals surface area contributed by atoms with Gasteiger partial charge in [-0.05, 0) is 31.9 Å². The van der Waals surface area contributed by atoms with Crippen LogP contribution in [0.15, 0.2) is 30.3 Å². The number of benzene rings is 1. The highest BCUT2D eigenvalue weighted by Crippen LogP contribution is 2.22. The Bertz CT molecular complexity index is 661. The monoisotopic (exact) mass is 344 g/mol. The molecule has 1 fully saturated rings. The number of nitrogens with zero attached hydrogens (tertiary/aromatic N) is 1. The number of aryl methyl sites for hydroxylation is 1. The zero-order chi connectivity index (χ0) is 16.8. The van der Waals surface area contributed by atoms with E-state index in [4.69, 9.17) is 4.74 Å². The smallest absolute Gasteiger partial charge is 0.263 e. The van der Waals surface area contributed by atoms with Gasteiger partial charge in [0.1, 0.15) is 22.2 Å². The second-order valence-corrected chi connectivity index (χ2v) is 7.37. The number of aromatic nitrogens is 1. The third kappa shape index (κ3) is 4.57. The van der Waals surface area contributed by atoms with Crippen molar-refractivity contribution in [1.82, 2.24) is 10.3 Å². The Labute approximate surface area is 147 Å². The molecule has 2 aromatic rings. The van der Waals surface area contributed by atoms with Crippen LogP contribution in [0.5, 0.6) is 5.75 Å². The van der Waals surface area contributed by atoms with Gasteiger partial charge in [-0.15, -0.1) is 11.3 Å². The molecule has 128 valence electrons. The van der Waals surface area contributed by atoms with E-state index in [1.54, 1.807) is 0 Å². The first-order chi connectivity index (χ1) is 11.7. The third-order valence-electron chi connectivity index (χ3n) is 4.34. The second-order valence-electron chi connectivity index (χ2n) is 6.29. The van der Waals surface area contributed by atoms with Gasteiger partial charge in [-0.25, -0.2) is 4.98 Å². The number of carbonyl (C=O) groups is 1. The molecule has 1 aliphatic rings. The summed E-state index contributed by atoms with van der Waals surface area (Å²) in [4.78, 5) is 17.8. The van der Waals surface area contributed by atoms with E-state index in [0.29, 0.717) is 17.5 Å². The number of hydrogen-bond donors (Lipinski definition) is 1. The van der Waals surface area contributed by atoms with E-state index in [1.165, 1.54) is 37.0 Å². The van der Waals surface area contributed by atoms with E-state index in [2.05, 4.69) is 10.3 Å². The van der Waals surface area contributed by atoms with Crippen LogP contribution in [-0.4, -0.2) is 16.9 Å². The lowest BCUT2D eigenvalue weighted by atomic mass is 10.1. The Morgan fingerprint density at radius 1 is 1.21 bits per heavy atom. The Kier molecular flexibility index (Phi) is 5.86. The summed E-state index contributed by atoms with van der Waals surface area (Å²) in [5.74, 6) is 0.831. The largest absolute Gasteiger partial charge is 0.486 e. The summed E-state index contributed by atoms with van der Waals surface area (Å²) in [6, 6.07) is 9.98. The van der Waals surface area contributed by atoms with E-state index in [1.807, 2.05) is 37.3 Å². The van der Waals surface area contributed by atoms with E-state index >= 15 is 0 Å². The molecule has 1 amide bonds. The Hall–Kier alpha value is -1.88. The van der Waals surface area contributed by atoms with Gasteiger partial charge in [-0.1, -0.05) is 43.9 Å². The molecule has 0 unspecified atom stereocenters. The molecule has 1 aliphatic carbocycles. The van der Waals surface area contributed by atoms with Crippen molar-refractivity contribution < 1.29 is 9.53 Å². The standard InChI is InChI=1S/C19H24N2O2S/c1-14-18(19(22)21-15-9-5-2-3-6-10-15)24-17(20-14)13-23-16-11-7-4-8-12-16/h4,7-8,11-12,15H,2-3,5-6,9-10,13H2,1H3,(H,21,22). The van der Waals surface area contributed by atoms with Crippen LogP contribution >= 0.6 is 11.3 Å². The molecule has 24 heavy (non-hydrogen) atoms. The average Bonchev–Trinajstić information content (AvgIpc) is 2.79. The normalized spacial score (nSPS) is 15.7. The molecule has 1 aromatic carbocycles. The molecule has 3 rings (SSSR count). The number of carbonyl (C=O) groups excluding carboxylic acids is 1. The van der Waals surface area contributed by atoms with Gasteiger partial charge in [-0.2, -0.15) is 0 Å². The van der Waals surface area contributed by atoms with Crippen LogP contribution in [0.1, 0.15) is 58.9 Å². The molecule has 1 N–H and O–H groups in total. The number of ether oxygens (including phenoxy) is 1. The summed E-state index contributed by atoms with van der Waals surface area (Å²) >= 11 is 1.43. The lowest BCUT2D eigenvalue weighted by Crippen LogP contribution is -2.34. The van der Waals surface area contributed by atoms with E-state index in [9.17, 15) is 4.79 Å². The van der Waals surface area contributed by atoms with E-state index < -0.39 is 0 Å². The SMILES string of the molecule is Cc1nc(COc2ccccc2)sc1C(=O)NC1CCCCCC1. The Morgan fingerprint density at radius 2 is 1.92 bits per heavy atom. The maximum atomic E-state index is 12.6. The predicted octanol–water partition coefficient (Wildman–Crippen LogP) is 4.48. The summed E-state index contributed by atoms with van der Waals surface area (Å²) in [5, 5.41) is 4.03. The van der Waals surface area contributed by atoms with Crippen LogP contribution in [0, 0.1) is 6.92 Å². The van der Waals surface area contributed by atoms with E-state index in [-0.39, 0.29) is 5.91 Å². The van der Waals surface area contributed by atoms with Gasteiger partial charge >= 0.3 is 0 Å². The maximum absolute atomic E-state index is 12.6. The first kappa shape index (κ1) is 17.0. The van der Waals surface area contributed by atoms with Crippen molar-refractivity contribution in [3.05, 3.63) is 45.9 Å². The molecule has 0 spiro atoms. The summed E-state index contributed by atoms with van der Waals surface area (Å²) < 4.78 is 5.72. The lowest BCUT2D eigenvalue weighted by molar-refractivity contribution is 0.0936. The van der Waals surface area contributed by atoms with Crippen molar-refractivity contribution in [2.75, 3.05) is 0 Å². The second kappa shape index (κ2) is 8.29. The van der Waals surface area contributed by atoms with Gasteiger partial charge in [0.25, 0.3) is 5.91 Å². The summed E-state index contributed by atoms with van der Waals surface area (Å²) in [6.07, 6.45) is 7.17. The van der Waals surface area contributed by atoms with Gasteiger partial charge in [0.15, 0.2) is 0 Å². The van der Waals surface area contributed by atoms with Crippen LogP contribution < -0.4 is 10.1 Å². The van der Waals surface area contributed by atoms with Crippen LogP contribution in [0.2, 0.25) is 0 Å². The van der Waals surface area contributed by atoms with Crippen molar-refractivity contribution in [3.63, 3.8) is 0 Å². The molecule has 0 aliphatic heterocycles. The number of nitrogens with one attached hydrogen (secondary N) is 1. The van der Waals surface area contributed by atoms with Crippen LogP contribution in [0.3, 0.4) is 0 Å². The van der Waals surface area contributed by atoms with Crippen molar-refractivity contribution in [1.29, 1.82) is 0 Å². The first-order valence-electron chi connectivity index (χ1n) is 8.67. The first-order valence-corrected chi connectivity index (χ1v) is 9.49. The highest BCUT2D eigenvalue weighted by Gasteiger charge is 2.20. The molecule has 5 heteroatoms. The predicted molar refractivity (Wildman–Crippen MR) is 96.6 cm³/mol. The fourth-order valence-corrected chi connectivity index (χ4v) is 3.94. The number of rotatable bonds is 5. The van der Waals surface area contributed by atoms with Crippen LogP contribution in [-0.2, 0) is 6.61 Å². The van der Waals surface area contributed by atoms with Gasteiger partial charge < -0.3 is 10.1 Å². The molecule has 0 bridgehead atoms. The maximum Gasteiger partial charge on any atom is 0.263 e. The van der Waals surface area contributed by atoms with Gasteiger partial charge in [-0.3, -0.25) is 4.79 Å². The zero-order valence-corrected chi connectivity index (χ0v) is 14.9. The summed E-state index contributed by atoms with van der Waals surface area (Å²) in [7, 11) is 0. The fraction of sp³-hybridized carbons (Fsp3) is 0.474. The quantitative estimate of drug-likeness (QED) is 0.814. The molecule has 0 saturated heterocycles. The topological polar surface area (TPSA) is 51.2 Å². The van der Waals surface area contributed by atoms with Gasteiger partial charge in [0.05, 0.1) is 5.69 Å². The molecular weight excluding hydrogens is 320 g/mol. The summed E-state index contributed by atoms with van der Waals surface area (Å²) in [5.41, 5.74) is 0.790. The summed E-state index contributed by atoms with van der Waals surface area (Å²) in [6.45, 7) is 2.29. The molecular formula is C19H24N2O2S. The Morgan fingerprint density at radius 3 is 2.62 bits per heavy atom. The van der Waals surface area contributed by atoms with Crippen LogP contribution in [0.25, 0.3) is 0 Å². The molecule has 1 heterocycles. The fourth-order valence-electron chi connectivity index (χ4n) is 3.06. The third-order valence-corrected chi connectivity index (χ3v) is 5.47. The lowest BCUT2D eigenvalue weighted by Gasteiger charge is -2.15. The minimum Gasteiger partial charge on any atom is -0.486 e. The highest BCUT2D eigenvalue weighted by atomic mass is 32.1. The number of thiazole rings is 1. The minimum atomic E-state index is 0.0165. The van der Waals surface area contributed by atoms with Crippen molar-refractivity contribution >= 4 is 17.2 Å². The van der Waals surface area contributed by atoms with E-state index in [0.717, 1.165) is 29.3 Å². The van der Waals surface area contributed by atoms with Crippen molar-refractivity contribution in [2.24, 2.45) is 0 Å². The van der Waals surface area contributed by atoms with Crippen molar-refractivity contribution in [2.45, 2.75) is 58.1 Å². The minimum absolute atomic E-state index is 0.0165.